The number of rotatable bonds is 7. The molecule has 0 saturated heterocycles. The fourth-order valence-corrected chi connectivity index (χ4v) is 3.70. The molecular formula is C23H20N4O4S. The third-order valence-electron chi connectivity index (χ3n) is 4.62. The number of aryl methyl sites for hydroxylation is 1. The van der Waals surface area contributed by atoms with E-state index in [1.807, 2.05) is 43.5 Å². The molecule has 9 heteroatoms. The molecule has 8 nitrogen and oxygen atoms in total. The Balaban J connectivity index is 1.43. The average Bonchev–Trinajstić information content (AvgIpc) is 3.49. The number of anilines is 1. The van der Waals surface area contributed by atoms with E-state index in [-0.39, 0.29) is 12.5 Å². The minimum atomic E-state index is -0.464. The van der Waals surface area contributed by atoms with Crippen LogP contribution in [0.15, 0.2) is 66.3 Å². The van der Waals surface area contributed by atoms with Gasteiger partial charge < -0.3 is 14.8 Å². The second-order valence-corrected chi connectivity index (χ2v) is 7.70. The first-order chi connectivity index (χ1) is 15.5. The number of carbonyl (C=O) groups is 2. The van der Waals surface area contributed by atoms with Crippen LogP contribution in [-0.2, 0) is 9.53 Å². The number of amides is 1. The summed E-state index contributed by atoms with van der Waals surface area (Å²) >= 11 is 1.38. The lowest BCUT2D eigenvalue weighted by Crippen LogP contribution is -2.14. The van der Waals surface area contributed by atoms with Gasteiger partial charge in [0.15, 0.2) is 6.61 Å². The Hall–Kier alpha value is -3.98. The SMILES string of the molecule is COC(=O)COc1ccc(NC(=O)c2csc(-c3cnn(-c4ccccc4)c3)n2)c(C)c1. The van der Waals surface area contributed by atoms with Gasteiger partial charge in [-0.3, -0.25) is 4.79 Å². The van der Waals surface area contributed by atoms with Crippen molar-refractivity contribution in [3.63, 3.8) is 0 Å². The largest absolute Gasteiger partial charge is 0.482 e. The number of hydrogen-bond acceptors (Lipinski definition) is 7. The number of benzene rings is 2. The van der Waals surface area contributed by atoms with Gasteiger partial charge in [-0.2, -0.15) is 5.10 Å². The molecule has 0 atom stereocenters. The molecule has 2 aromatic carbocycles. The summed E-state index contributed by atoms with van der Waals surface area (Å²) < 4.78 is 11.7. The predicted molar refractivity (Wildman–Crippen MR) is 121 cm³/mol. The number of nitrogens with one attached hydrogen (secondary N) is 1. The zero-order chi connectivity index (χ0) is 22.5. The van der Waals surface area contributed by atoms with Gasteiger partial charge in [0.2, 0.25) is 0 Å². The Labute approximate surface area is 188 Å². The van der Waals surface area contributed by atoms with Crippen LogP contribution in [0.1, 0.15) is 16.1 Å². The van der Waals surface area contributed by atoms with Gasteiger partial charge in [-0.05, 0) is 42.8 Å². The number of thiazole rings is 1. The molecule has 0 aliphatic rings. The van der Waals surface area contributed by atoms with E-state index in [9.17, 15) is 9.59 Å². The fraction of sp³-hybridized carbons (Fsp3) is 0.130. The topological polar surface area (TPSA) is 95.3 Å². The van der Waals surface area contributed by atoms with Crippen molar-refractivity contribution < 1.29 is 19.1 Å². The van der Waals surface area contributed by atoms with Gasteiger partial charge >= 0.3 is 5.97 Å². The molecule has 2 heterocycles. The lowest BCUT2D eigenvalue weighted by Gasteiger charge is -2.10. The second kappa shape index (κ2) is 9.44. The van der Waals surface area contributed by atoms with Crippen LogP contribution in [0.3, 0.4) is 0 Å². The van der Waals surface area contributed by atoms with Crippen LogP contribution in [0.5, 0.6) is 5.75 Å². The number of hydrogen-bond donors (Lipinski definition) is 1. The van der Waals surface area contributed by atoms with Crippen LogP contribution in [0.4, 0.5) is 5.69 Å². The zero-order valence-electron chi connectivity index (χ0n) is 17.4. The molecule has 0 unspecified atom stereocenters. The van der Waals surface area contributed by atoms with E-state index in [0.717, 1.165) is 16.8 Å². The maximum absolute atomic E-state index is 12.7. The maximum Gasteiger partial charge on any atom is 0.343 e. The van der Waals surface area contributed by atoms with Crippen molar-refractivity contribution in [3.8, 4) is 22.0 Å². The monoisotopic (exact) mass is 448 g/mol. The van der Waals surface area contributed by atoms with Crippen LogP contribution < -0.4 is 10.1 Å². The third-order valence-corrected chi connectivity index (χ3v) is 5.51. The number of nitrogens with zero attached hydrogens (tertiary/aromatic N) is 3. The molecule has 0 radical (unpaired) electrons. The van der Waals surface area contributed by atoms with E-state index in [1.54, 1.807) is 34.5 Å². The van der Waals surface area contributed by atoms with Gasteiger partial charge in [0.1, 0.15) is 16.5 Å². The van der Waals surface area contributed by atoms with Crippen molar-refractivity contribution in [3.05, 3.63) is 77.6 Å². The Morgan fingerprint density at radius 2 is 1.97 bits per heavy atom. The van der Waals surface area contributed by atoms with Crippen molar-refractivity contribution in [2.45, 2.75) is 6.92 Å². The molecule has 0 aliphatic heterocycles. The van der Waals surface area contributed by atoms with Gasteiger partial charge in [0.25, 0.3) is 5.91 Å². The highest BCUT2D eigenvalue weighted by Crippen LogP contribution is 2.26. The van der Waals surface area contributed by atoms with Crippen molar-refractivity contribution in [2.24, 2.45) is 0 Å². The van der Waals surface area contributed by atoms with Crippen molar-refractivity contribution >= 4 is 28.9 Å². The fourth-order valence-electron chi connectivity index (χ4n) is 2.92. The smallest absolute Gasteiger partial charge is 0.343 e. The summed E-state index contributed by atoms with van der Waals surface area (Å²) in [6.07, 6.45) is 3.61. The molecular weight excluding hydrogens is 428 g/mol. The van der Waals surface area contributed by atoms with E-state index in [4.69, 9.17) is 4.74 Å². The standard InChI is InChI=1S/C23H20N4O4S/c1-15-10-18(31-13-21(28)30-2)8-9-19(15)25-22(29)20-14-32-23(26-20)16-11-24-27(12-16)17-6-4-3-5-7-17/h3-12,14H,13H2,1-2H3,(H,25,29). The number of methoxy groups -OCH3 is 1. The van der Waals surface area contributed by atoms with E-state index >= 15 is 0 Å². The zero-order valence-corrected chi connectivity index (χ0v) is 18.3. The quantitative estimate of drug-likeness (QED) is 0.428. The van der Waals surface area contributed by atoms with Gasteiger partial charge in [-0.15, -0.1) is 11.3 Å². The Morgan fingerprint density at radius 1 is 1.16 bits per heavy atom. The molecule has 1 N–H and O–H groups in total. The van der Waals surface area contributed by atoms with E-state index in [1.165, 1.54) is 18.4 Å². The summed E-state index contributed by atoms with van der Waals surface area (Å²) in [6.45, 7) is 1.66. The Morgan fingerprint density at radius 3 is 2.72 bits per heavy atom. The van der Waals surface area contributed by atoms with Crippen LogP contribution in [0, 0.1) is 6.92 Å². The normalized spacial score (nSPS) is 10.6. The van der Waals surface area contributed by atoms with Gasteiger partial charge in [0, 0.05) is 22.8 Å². The van der Waals surface area contributed by atoms with Crippen LogP contribution in [-0.4, -0.2) is 40.4 Å². The summed E-state index contributed by atoms with van der Waals surface area (Å²) in [5, 5.41) is 9.67. The summed E-state index contributed by atoms with van der Waals surface area (Å²) in [6, 6.07) is 14.9. The molecule has 0 fully saturated rings. The van der Waals surface area contributed by atoms with Crippen LogP contribution in [0.25, 0.3) is 16.3 Å². The number of carbonyl (C=O) groups excluding carboxylic acids is 2. The number of esters is 1. The predicted octanol–water partition coefficient (Wildman–Crippen LogP) is 4.11. The van der Waals surface area contributed by atoms with Crippen LogP contribution in [0.2, 0.25) is 0 Å². The first kappa shape index (κ1) is 21.3. The summed E-state index contributed by atoms with van der Waals surface area (Å²) in [4.78, 5) is 28.4. The second-order valence-electron chi connectivity index (χ2n) is 6.84. The summed E-state index contributed by atoms with van der Waals surface area (Å²) in [7, 11) is 1.30. The first-order valence-electron chi connectivity index (χ1n) is 9.71. The Bertz CT molecular complexity index is 1250. The molecule has 0 bridgehead atoms. The molecule has 4 aromatic rings. The average molecular weight is 449 g/mol. The number of aromatic nitrogens is 3. The molecule has 1 amide bonds. The van der Waals surface area contributed by atoms with E-state index in [0.29, 0.717) is 22.1 Å². The lowest BCUT2D eigenvalue weighted by molar-refractivity contribution is -0.142. The highest BCUT2D eigenvalue weighted by atomic mass is 32.1. The van der Waals surface area contributed by atoms with Gasteiger partial charge in [0.05, 0.1) is 19.0 Å². The van der Waals surface area contributed by atoms with Crippen molar-refractivity contribution in [2.75, 3.05) is 19.0 Å². The molecule has 0 saturated carbocycles. The van der Waals surface area contributed by atoms with Crippen molar-refractivity contribution in [1.29, 1.82) is 0 Å². The van der Waals surface area contributed by atoms with Gasteiger partial charge in [-0.1, -0.05) is 18.2 Å². The van der Waals surface area contributed by atoms with Crippen LogP contribution >= 0.6 is 11.3 Å². The van der Waals surface area contributed by atoms with E-state index in [2.05, 4.69) is 20.1 Å². The maximum atomic E-state index is 12.7. The highest BCUT2D eigenvalue weighted by molar-refractivity contribution is 7.13. The Kier molecular flexibility index (Phi) is 6.27. The molecule has 4 rings (SSSR count). The third kappa shape index (κ3) is 4.84. The molecule has 32 heavy (non-hydrogen) atoms. The first-order valence-corrected chi connectivity index (χ1v) is 10.6. The number of para-hydroxylation sites is 1. The molecule has 162 valence electrons. The molecule has 0 aliphatic carbocycles. The minimum Gasteiger partial charge on any atom is -0.482 e. The highest BCUT2D eigenvalue weighted by Gasteiger charge is 2.15. The summed E-state index contributed by atoms with van der Waals surface area (Å²) in [5.41, 5.74) is 3.53. The van der Waals surface area contributed by atoms with Gasteiger partial charge in [-0.25, -0.2) is 14.5 Å². The molecule has 2 aromatic heterocycles. The lowest BCUT2D eigenvalue weighted by atomic mass is 10.2. The molecule has 0 spiro atoms. The summed E-state index contributed by atoms with van der Waals surface area (Å²) in [5.74, 6) is -0.264. The van der Waals surface area contributed by atoms with E-state index < -0.39 is 5.97 Å². The van der Waals surface area contributed by atoms with Crippen molar-refractivity contribution in [1.82, 2.24) is 14.8 Å². The minimum absolute atomic E-state index is 0.176. The number of ether oxygens (including phenoxy) is 2.